The number of benzene rings is 2. The molecule has 7 heteroatoms. The molecule has 0 amide bonds. The van der Waals surface area contributed by atoms with Crippen molar-refractivity contribution in [2.24, 2.45) is 0 Å². The van der Waals surface area contributed by atoms with Crippen LogP contribution in [0.5, 0.6) is 0 Å². The molecule has 1 N–H and O–H groups in total. The standard InChI is InChI=1S/C20H17F3N2O2/c1-3-27-19(26)15-11-24-17-10-13(20(21,22)23)8-9-14(17)18(15)25-16-7-5-4-6-12(16)2/h4-11H,3H2,1-2H3,(H,24,25). The van der Waals surface area contributed by atoms with Gasteiger partial charge in [0, 0.05) is 17.3 Å². The average molecular weight is 374 g/mol. The van der Waals surface area contributed by atoms with Gasteiger partial charge in [-0.1, -0.05) is 24.3 Å². The van der Waals surface area contributed by atoms with E-state index in [0.29, 0.717) is 11.1 Å². The van der Waals surface area contributed by atoms with Gasteiger partial charge in [-0.05, 0) is 37.6 Å². The predicted molar refractivity (Wildman–Crippen MR) is 97.2 cm³/mol. The number of halogens is 3. The van der Waals surface area contributed by atoms with E-state index in [1.54, 1.807) is 6.92 Å². The van der Waals surface area contributed by atoms with E-state index in [9.17, 15) is 18.0 Å². The SMILES string of the molecule is CCOC(=O)c1cnc2cc(C(F)(F)F)ccc2c1Nc1ccccc1C. The zero-order valence-electron chi connectivity index (χ0n) is 14.7. The molecule has 0 spiro atoms. The molecule has 2 aromatic carbocycles. The zero-order chi connectivity index (χ0) is 19.6. The Morgan fingerprint density at radius 1 is 1.19 bits per heavy atom. The molecule has 0 radical (unpaired) electrons. The molecule has 140 valence electrons. The molecule has 0 atom stereocenters. The van der Waals surface area contributed by atoms with Gasteiger partial charge in [0.05, 0.1) is 23.4 Å². The first-order valence-corrected chi connectivity index (χ1v) is 8.31. The molecule has 0 bridgehead atoms. The first-order chi connectivity index (χ1) is 12.8. The van der Waals surface area contributed by atoms with Gasteiger partial charge in [-0.3, -0.25) is 4.98 Å². The lowest BCUT2D eigenvalue weighted by molar-refractivity contribution is -0.137. The van der Waals surface area contributed by atoms with E-state index in [2.05, 4.69) is 10.3 Å². The van der Waals surface area contributed by atoms with Crippen LogP contribution in [0, 0.1) is 6.92 Å². The fraction of sp³-hybridized carbons (Fsp3) is 0.200. The third-order valence-electron chi connectivity index (χ3n) is 4.10. The number of carbonyl (C=O) groups is 1. The minimum atomic E-state index is -4.47. The Morgan fingerprint density at radius 2 is 1.93 bits per heavy atom. The number of carbonyl (C=O) groups excluding carboxylic acids is 1. The number of anilines is 2. The van der Waals surface area contributed by atoms with E-state index in [0.717, 1.165) is 23.4 Å². The molecule has 0 saturated carbocycles. The van der Waals surface area contributed by atoms with Crippen molar-refractivity contribution in [1.29, 1.82) is 0 Å². The van der Waals surface area contributed by atoms with E-state index in [-0.39, 0.29) is 17.7 Å². The van der Waals surface area contributed by atoms with Crippen LogP contribution >= 0.6 is 0 Å². The summed E-state index contributed by atoms with van der Waals surface area (Å²) in [5.41, 5.74) is 1.51. The summed E-state index contributed by atoms with van der Waals surface area (Å²) in [5.74, 6) is -0.595. The van der Waals surface area contributed by atoms with Crippen molar-refractivity contribution in [2.45, 2.75) is 20.0 Å². The molecule has 4 nitrogen and oxygen atoms in total. The summed E-state index contributed by atoms with van der Waals surface area (Å²) in [5, 5.41) is 3.56. The minimum absolute atomic E-state index is 0.133. The second-order valence-corrected chi connectivity index (χ2v) is 5.94. The summed E-state index contributed by atoms with van der Waals surface area (Å²) >= 11 is 0. The highest BCUT2D eigenvalue weighted by molar-refractivity contribution is 6.06. The summed E-state index contributed by atoms with van der Waals surface area (Å²) in [6.07, 6.45) is -3.24. The number of alkyl halides is 3. The summed E-state index contributed by atoms with van der Waals surface area (Å²) < 4.78 is 44.1. The van der Waals surface area contributed by atoms with Crippen molar-refractivity contribution in [3.63, 3.8) is 0 Å². The van der Waals surface area contributed by atoms with Gasteiger partial charge in [-0.25, -0.2) is 4.79 Å². The second kappa shape index (κ2) is 7.26. The van der Waals surface area contributed by atoms with Crippen molar-refractivity contribution in [3.05, 3.63) is 65.4 Å². The van der Waals surface area contributed by atoms with Gasteiger partial charge >= 0.3 is 12.1 Å². The number of para-hydroxylation sites is 1. The van der Waals surface area contributed by atoms with Crippen LogP contribution in [0.2, 0.25) is 0 Å². The summed E-state index contributed by atoms with van der Waals surface area (Å²) in [6, 6.07) is 10.7. The molecule has 3 rings (SSSR count). The Hall–Kier alpha value is -3.09. The van der Waals surface area contributed by atoms with Crippen molar-refractivity contribution in [1.82, 2.24) is 4.98 Å². The molecule has 0 unspecified atom stereocenters. The molecule has 3 aromatic rings. The highest BCUT2D eigenvalue weighted by Crippen LogP contribution is 2.35. The fourth-order valence-electron chi connectivity index (χ4n) is 2.72. The number of aryl methyl sites for hydroxylation is 1. The molecule has 0 aliphatic carbocycles. The van der Waals surface area contributed by atoms with Crippen molar-refractivity contribution >= 4 is 28.2 Å². The van der Waals surface area contributed by atoms with Gasteiger partial charge < -0.3 is 10.1 Å². The first kappa shape index (κ1) is 18.7. The normalized spacial score (nSPS) is 11.4. The van der Waals surface area contributed by atoms with Crippen LogP contribution in [0.25, 0.3) is 10.9 Å². The van der Waals surface area contributed by atoms with Crippen LogP contribution in [0.4, 0.5) is 24.5 Å². The molecule has 0 saturated heterocycles. The van der Waals surface area contributed by atoms with E-state index < -0.39 is 17.7 Å². The third kappa shape index (κ3) is 3.86. The Balaban J connectivity index is 2.19. The summed E-state index contributed by atoms with van der Waals surface area (Å²) in [6.45, 7) is 3.74. The van der Waals surface area contributed by atoms with Crippen LogP contribution < -0.4 is 5.32 Å². The number of nitrogens with one attached hydrogen (secondary N) is 1. The van der Waals surface area contributed by atoms with E-state index in [1.165, 1.54) is 12.3 Å². The highest BCUT2D eigenvalue weighted by Gasteiger charge is 2.31. The van der Waals surface area contributed by atoms with Crippen LogP contribution in [-0.2, 0) is 10.9 Å². The summed E-state index contributed by atoms with van der Waals surface area (Å²) in [7, 11) is 0. The van der Waals surface area contributed by atoms with Gasteiger partial charge in [-0.2, -0.15) is 13.2 Å². The molecule has 1 heterocycles. The van der Waals surface area contributed by atoms with Gasteiger partial charge in [0.25, 0.3) is 0 Å². The molecule has 1 aromatic heterocycles. The maximum absolute atomic E-state index is 13.0. The Labute approximate surface area is 154 Å². The maximum Gasteiger partial charge on any atom is 0.416 e. The number of nitrogens with zero attached hydrogens (tertiary/aromatic N) is 1. The highest BCUT2D eigenvalue weighted by atomic mass is 19.4. The van der Waals surface area contributed by atoms with Crippen molar-refractivity contribution in [3.8, 4) is 0 Å². The largest absolute Gasteiger partial charge is 0.462 e. The number of rotatable bonds is 4. The minimum Gasteiger partial charge on any atom is -0.462 e. The fourth-order valence-corrected chi connectivity index (χ4v) is 2.72. The number of pyridine rings is 1. The average Bonchev–Trinajstić information content (AvgIpc) is 2.62. The zero-order valence-corrected chi connectivity index (χ0v) is 14.7. The molecule has 27 heavy (non-hydrogen) atoms. The van der Waals surface area contributed by atoms with E-state index >= 15 is 0 Å². The maximum atomic E-state index is 13.0. The van der Waals surface area contributed by atoms with Gasteiger partial charge in [-0.15, -0.1) is 0 Å². The Bertz CT molecular complexity index is 1000. The second-order valence-electron chi connectivity index (χ2n) is 5.94. The van der Waals surface area contributed by atoms with E-state index in [4.69, 9.17) is 4.74 Å². The smallest absolute Gasteiger partial charge is 0.416 e. The van der Waals surface area contributed by atoms with Crippen LogP contribution in [-0.4, -0.2) is 17.6 Å². The predicted octanol–water partition coefficient (Wildman–Crippen LogP) is 5.48. The number of hydrogen-bond donors (Lipinski definition) is 1. The lowest BCUT2D eigenvalue weighted by atomic mass is 10.1. The Morgan fingerprint density at radius 3 is 2.59 bits per heavy atom. The van der Waals surface area contributed by atoms with Crippen molar-refractivity contribution in [2.75, 3.05) is 11.9 Å². The van der Waals surface area contributed by atoms with Gasteiger partial charge in [0.15, 0.2) is 0 Å². The molecule has 0 aliphatic heterocycles. The van der Waals surface area contributed by atoms with Gasteiger partial charge in [0.2, 0.25) is 0 Å². The molecular weight excluding hydrogens is 357 g/mol. The Kier molecular flexibility index (Phi) is 5.03. The monoisotopic (exact) mass is 374 g/mol. The lowest BCUT2D eigenvalue weighted by Crippen LogP contribution is -2.10. The van der Waals surface area contributed by atoms with Gasteiger partial charge in [0.1, 0.15) is 5.56 Å². The number of hydrogen-bond acceptors (Lipinski definition) is 4. The topological polar surface area (TPSA) is 51.2 Å². The number of ether oxygens (including phenoxy) is 1. The number of aromatic nitrogens is 1. The van der Waals surface area contributed by atoms with Crippen LogP contribution in [0.1, 0.15) is 28.4 Å². The quantitative estimate of drug-likeness (QED) is 0.614. The van der Waals surface area contributed by atoms with E-state index in [1.807, 2.05) is 31.2 Å². The van der Waals surface area contributed by atoms with Crippen LogP contribution in [0.3, 0.4) is 0 Å². The molecule has 0 aliphatic rings. The molecule has 0 fully saturated rings. The number of esters is 1. The third-order valence-corrected chi connectivity index (χ3v) is 4.10. The molecular formula is C20H17F3N2O2. The van der Waals surface area contributed by atoms with Crippen molar-refractivity contribution < 1.29 is 22.7 Å². The lowest BCUT2D eigenvalue weighted by Gasteiger charge is -2.16. The number of fused-ring (bicyclic) bond motifs is 1. The summed E-state index contributed by atoms with van der Waals surface area (Å²) in [4.78, 5) is 16.4. The first-order valence-electron chi connectivity index (χ1n) is 8.31. The van der Waals surface area contributed by atoms with Crippen LogP contribution in [0.15, 0.2) is 48.7 Å².